The Morgan fingerprint density at radius 1 is 1.33 bits per heavy atom. The van der Waals surface area contributed by atoms with Gasteiger partial charge in [0.2, 0.25) is 0 Å². The minimum absolute atomic E-state index is 0.179. The number of aliphatic hydroxyl groups excluding tert-OH is 1. The molecule has 3 N–H and O–H groups in total. The van der Waals surface area contributed by atoms with Crippen LogP contribution in [-0.2, 0) is 6.42 Å². The maximum Gasteiger partial charge on any atom is 0.0606 e. The van der Waals surface area contributed by atoms with Crippen molar-refractivity contribution in [2.45, 2.75) is 19.4 Å². The van der Waals surface area contributed by atoms with E-state index >= 15 is 0 Å². The molecule has 0 spiro atoms. The first-order valence-electron chi connectivity index (χ1n) is 5.30. The Kier molecular flexibility index (Phi) is 4.59. The summed E-state index contributed by atoms with van der Waals surface area (Å²) in [4.78, 5) is 2.02. The third-order valence-electron chi connectivity index (χ3n) is 2.37. The Morgan fingerprint density at radius 2 is 1.93 bits per heavy atom. The zero-order valence-electron chi connectivity index (χ0n) is 9.48. The van der Waals surface area contributed by atoms with Crippen LogP contribution in [0.1, 0.15) is 12.5 Å². The number of anilines is 1. The van der Waals surface area contributed by atoms with E-state index in [1.165, 1.54) is 5.56 Å². The summed E-state index contributed by atoms with van der Waals surface area (Å²) in [5, 5.41) is 8.81. The van der Waals surface area contributed by atoms with Crippen LogP contribution in [0.25, 0.3) is 0 Å². The van der Waals surface area contributed by atoms with E-state index in [1.54, 1.807) is 0 Å². The van der Waals surface area contributed by atoms with Crippen LogP contribution in [0.2, 0.25) is 0 Å². The van der Waals surface area contributed by atoms with Gasteiger partial charge in [0.15, 0.2) is 0 Å². The number of aliphatic hydroxyl groups is 1. The van der Waals surface area contributed by atoms with Crippen LogP contribution < -0.4 is 10.6 Å². The molecule has 0 heterocycles. The lowest BCUT2D eigenvalue weighted by molar-refractivity contribution is 0.304. The number of hydrogen-bond donors (Lipinski definition) is 2. The first kappa shape index (κ1) is 12.0. The molecule has 84 valence electrons. The summed E-state index contributed by atoms with van der Waals surface area (Å²) in [6, 6.07) is 8.51. The van der Waals surface area contributed by atoms with Crippen molar-refractivity contribution in [3.63, 3.8) is 0 Å². The molecule has 0 aliphatic heterocycles. The van der Waals surface area contributed by atoms with E-state index in [4.69, 9.17) is 10.8 Å². The molecule has 1 atom stereocenters. The first-order valence-corrected chi connectivity index (χ1v) is 5.30. The van der Waals surface area contributed by atoms with Crippen molar-refractivity contribution in [1.29, 1.82) is 0 Å². The second-order valence-corrected chi connectivity index (χ2v) is 3.99. The van der Waals surface area contributed by atoms with E-state index in [9.17, 15) is 0 Å². The number of rotatable bonds is 5. The van der Waals surface area contributed by atoms with E-state index in [0.29, 0.717) is 6.54 Å². The fourth-order valence-electron chi connectivity index (χ4n) is 1.54. The van der Waals surface area contributed by atoms with Gasteiger partial charge in [-0.25, -0.2) is 0 Å². The zero-order valence-corrected chi connectivity index (χ0v) is 9.48. The van der Waals surface area contributed by atoms with Gasteiger partial charge in [-0.3, -0.25) is 0 Å². The van der Waals surface area contributed by atoms with Gasteiger partial charge < -0.3 is 15.7 Å². The predicted octanol–water partition coefficient (Wildman–Crippen LogP) is 1.00. The highest BCUT2D eigenvalue weighted by atomic mass is 16.3. The van der Waals surface area contributed by atoms with E-state index in [1.807, 2.05) is 18.9 Å². The van der Waals surface area contributed by atoms with Crippen molar-refractivity contribution >= 4 is 5.69 Å². The van der Waals surface area contributed by atoms with Crippen LogP contribution in [0.5, 0.6) is 0 Å². The fraction of sp³-hybridized carbons (Fsp3) is 0.500. The standard InChI is InChI=1S/C12H20N2O/c1-10(13)9-11-3-5-12(6-4-11)14(2)7-8-15/h3-6,10,15H,7-9,13H2,1-2H3. The molecule has 3 heteroatoms. The Labute approximate surface area is 91.5 Å². The number of hydrogen-bond acceptors (Lipinski definition) is 3. The van der Waals surface area contributed by atoms with Crippen LogP contribution in [0, 0.1) is 0 Å². The lowest BCUT2D eigenvalue weighted by atomic mass is 10.1. The highest BCUT2D eigenvalue weighted by Gasteiger charge is 2.01. The van der Waals surface area contributed by atoms with Crippen molar-refractivity contribution in [3.05, 3.63) is 29.8 Å². The van der Waals surface area contributed by atoms with Crippen molar-refractivity contribution in [2.24, 2.45) is 5.73 Å². The number of likely N-dealkylation sites (N-methyl/N-ethyl adjacent to an activating group) is 1. The molecular formula is C12H20N2O. The summed E-state index contributed by atoms with van der Waals surface area (Å²) in [6.07, 6.45) is 0.907. The van der Waals surface area contributed by atoms with E-state index in [-0.39, 0.29) is 12.6 Å². The highest BCUT2D eigenvalue weighted by molar-refractivity contribution is 5.46. The third kappa shape index (κ3) is 3.90. The molecule has 1 aromatic rings. The summed E-state index contributed by atoms with van der Waals surface area (Å²) in [7, 11) is 1.97. The largest absolute Gasteiger partial charge is 0.395 e. The lowest BCUT2D eigenvalue weighted by Crippen LogP contribution is -2.21. The van der Waals surface area contributed by atoms with Crippen LogP contribution >= 0.6 is 0 Å². The van der Waals surface area contributed by atoms with Gasteiger partial charge in [-0.1, -0.05) is 12.1 Å². The van der Waals surface area contributed by atoms with Gasteiger partial charge in [0, 0.05) is 25.3 Å². The molecule has 0 bridgehead atoms. The summed E-state index contributed by atoms with van der Waals surface area (Å²) in [5.41, 5.74) is 8.10. The normalized spacial score (nSPS) is 12.5. The first-order chi connectivity index (χ1) is 7.13. The second kappa shape index (κ2) is 5.73. The average Bonchev–Trinajstić information content (AvgIpc) is 2.18. The molecule has 0 radical (unpaired) electrons. The zero-order chi connectivity index (χ0) is 11.3. The topological polar surface area (TPSA) is 49.5 Å². The predicted molar refractivity (Wildman–Crippen MR) is 64.2 cm³/mol. The van der Waals surface area contributed by atoms with Crippen LogP contribution in [0.15, 0.2) is 24.3 Å². The van der Waals surface area contributed by atoms with Crippen molar-refractivity contribution in [1.82, 2.24) is 0 Å². The molecule has 0 aliphatic rings. The monoisotopic (exact) mass is 208 g/mol. The third-order valence-corrected chi connectivity index (χ3v) is 2.37. The minimum Gasteiger partial charge on any atom is -0.395 e. The molecule has 0 saturated carbocycles. The average molecular weight is 208 g/mol. The molecular weight excluding hydrogens is 188 g/mol. The van der Waals surface area contributed by atoms with Gasteiger partial charge in [0.25, 0.3) is 0 Å². The molecule has 15 heavy (non-hydrogen) atoms. The number of nitrogens with zero attached hydrogens (tertiary/aromatic N) is 1. The Morgan fingerprint density at radius 3 is 2.40 bits per heavy atom. The summed E-state index contributed by atoms with van der Waals surface area (Å²) >= 11 is 0. The van der Waals surface area contributed by atoms with Gasteiger partial charge in [-0.15, -0.1) is 0 Å². The Bertz CT molecular complexity index is 282. The molecule has 0 aliphatic carbocycles. The molecule has 1 aromatic carbocycles. The van der Waals surface area contributed by atoms with E-state index < -0.39 is 0 Å². The van der Waals surface area contributed by atoms with Crippen LogP contribution in [-0.4, -0.2) is 31.3 Å². The molecule has 0 aromatic heterocycles. The summed E-state index contributed by atoms with van der Waals surface area (Å²) in [5.74, 6) is 0. The maximum absolute atomic E-state index is 8.81. The molecule has 0 amide bonds. The maximum atomic E-state index is 8.81. The smallest absolute Gasteiger partial charge is 0.0606 e. The van der Waals surface area contributed by atoms with Crippen molar-refractivity contribution in [3.8, 4) is 0 Å². The second-order valence-electron chi connectivity index (χ2n) is 3.99. The van der Waals surface area contributed by atoms with Gasteiger partial charge in [-0.2, -0.15) is 0 Å². The molecule has 1 unspecified atom stereocenters. The van der Waals surface area contributed by atoms with E-state index in [2.05, 4.69) is 24.3 Å². The van der Waals surface area contributed by atoms with E-state index in [0.717, 1.165) is 12.1 Å². The Balaban J connectivity index is 2.63. The molecule has 0 saturated heterocycles. The summed E-state index contributed by atoms with van der Waals surface area (Å²) < 4.78 is 0. The van der Waals surface area contributed by atoms with Gasteiger partial charge >= 0.3 is 0 Å². The van der Waals surface area contributed by atoms with Crippen molar-refractivity contribution < 1.29 is 5.11 Å². The quantitative estimate of drug-likeness (QED) is 0.759. The molecule has 1 rings (SSSR count). The highest BCUT2D eigenvalue weighted by Crippen LogP contribution is 2.14. The molecule has 3 nitrogen and oxygen atoms in total. The number of nitrogens with two attached hydrogens (primary N) is 1. The van der Waals surface area contributed by atoms with Gasteiger partial charge in [-0.05, 0) is 31.0 Å². The van der Waals surface area contributed by atoms with Gasteiger partial charge in [0.1, 0.15) is 0 Å². The Hall–Kier alpha value is -1.06. The summed E-state index contributed by atoms with van der Waals surface area (Å²) in [6.45, 7) is 2.84. The fourth-order valence-corrected chi connectivity index (χ4v) is 1.54. The van der Waals surface area contributed by atoms with Crippen molar-refractivity contribution in [2.75, 3.05) is 25.1 Å². The van der Waals surface area contributed by atoms with Crippen LogP contribution in [0.3, 0.4) is 0 Å². The number of benzene rings is 1. The molecule has 0 fully saturated rings. The van der Waals surface area contributed by atoms with Gasteiger partial charge in [0.05, 0.1) is 6.61 Å². The lowest BCUT2D eigenvalue weighted by Gasteiger charge is -2.18. The van der Waals surface area contributed by atoms with Crippen LogP contribution in [0.4, 0.5) is 5.69 Å². The minimum atomic E-state index is 0.179. The SMILES string of the molecule is CC(N)Cc1ccc(N(C)CCO)cc1.